The molecule has 1 heterocycles. The molecule has 150 valence electrons. The van der Waals surface area contributed by atoms with Crippen molar-refractivity contribution in [2.45, 2.75) is 26.5 Å². The molecule has 1 aromatic heterocycles. The zero-order valence-electron chi connectivity index (χ0n) is 15.3. The third kappa shape index (κ3) is 5.49. The predicted molar refractivity (Wildman–Crippen MR) is 103 cm³/mol. The number of aryl methyl sites for hydroxylation is 1. The van der Waals surface area contributed by atoms with E-state index in [0.717, 1.165) is 0 Å². The van der Waals surface area contributed by atoms with E-state index in [2.05, 4.69) is 17.9 Å². The third-order valence-electron chi connectivity index (χ3n) is 3.69. The fourth-order valence-corrected chi connectivity index (χ4v) is 2.55. The molecule has 28 heavy (non-hydrogen) atoms. The fraction of sp³-hybridized carbons (Fsp3) is 0.333. The van der Waals surface area contributed by atoms with Crippen molar-refractivity contribution < 1.29 is 28.4 Å². The van der Waals surface area contributed by atoms with Crippen molar-refractivity contribution in [2.75, 3.05) is 12.4 Å². The van der Waals surface area contributed by atoms with Crippen LogP contribution in [-0.2, 0) is 16.1 Å². The summed E-state index contributed by atoms with van der Waals surface area (Å²) in [6.07, 6.45) is 0. The molecular weight excluding hydrogens is 388 g/mol. The first-order chi connectivity index (χ1) is 13.3. The van der Waals surface area contributed by atoms with Crippen LogP contribution in [0.5, 0.6) is 5.75 Å². The maximum Gasteiger partial charge on any atom is 0.329 e. The Morgan fingerprint density at radius 2 is 2.07 bits per heavy atom. The Morgan fingerprint density at radius 3 is 2.68 bits per heavy atom. The number of rotatable bonds is 9. The van der Waals surface area contributed by atoms with Crippen LogP contribution in [0.3, 0.4) is 0 Å². The third-order valence-corrected chi connectivity index (χ3v) is 4.06. The summed E-state index contributed by atoms with van der Waals surface area (Å²) in [5.74, 6) is -0.253. The number of benzene rings is 1. The Labute approximate surface area is 166 Å². The molecule has 0 spiro atoms. The number of esters is 1. The van der Waals surface area contributed by atoms with Gasteiger partial charge in [0.15, 0.2) is 5.76 Å². The van der Waals surface area contributed by atoms with Crippen molar-refractivity contribution >= 4 is 30.2 Å². The standard InChI is InChI=1S/C18H20N2O7S/c1-3-25-18(22)14(10-28)19-17(21)16-7-5-13(27-16)9-26-12-4-6-15(20(23)24)11(2)8-12/h4-8,14,28H,3,9-10H2,1-2H3,(H,19,21)/t14-/m0/s1. The number of furan rings is 1. The molecule has 2 rings (SSSR count). The van der Waals surface area contributed by atoms with Gasteiger partial charge in [-0.05, 0) is 38.1 Å². The lowest BCUT2D eigenvalue weighted by atomic mass is 10.2. The average molecular weight is 408 g/mol. The Kier molecular flexibility index (Phi) is 7.44. The molecule has 0 aliphatic rings. The van der Waals surface area contributed by atoms with Crippen molar-refractivity contribution in [2.24, 2.45) is 0 Å². The lowest BCUT2D eigenvalue weighted by Gasteiger charge is -2.13. The number of nitro benzene ring substituents is 1. The number of nitro groups is 1. The van der Waals surface area contributed by atoms with Gasteiger partial charge >= 0.3 is 5.97 Å². The van der Waals surface area contributed by atoms with Gasteiger partial charge in [-0.1, -0.05) is 0 Å². The highest BCUT2D eigenvalue weighted by molar-refractivity contribution is 7.80. The molecule has 0 aliphatic heterocycles. The van der Waals surface area contributed by atoms with Crippen LogP contribution in [0.4, 0.5) is 5.69 Å². The van der Waals surface area contributed by atoms with E-state index in [-0.39, 0.29) is 30.4 Å². The van der Waals surface area contributed by atoms with Crippen LogP contribution in [0.15, 0.2) is 34.7 Å². The van der Waals surface area contributed by atoms with E-state index in [4.69, 9.17) is 13.9 Å². The highest BCUT2D eigenvalue weighted by Gasteiger charge is 2.22. The Bertz CT molecular complexity index is 865. The van der Waals surface area contributed by atoms with Crippen LogP contribution < -0.4 is 10.1 Å². The molecule has 0 saturated carbocycles. The molecule has 9 nitrogen and oxygen atoms in total. The van der Waals surface area contributed by atoms with E-state index < -0.39 is 22.8 Å². The lowest BCUT2D eigenvalue weighted by Crippen LogP contribution is -2.43. The maximum absolute atomic E-state index is 12.2. The molecule has 0 saturated heterocycles. The van der Waals surface area contributed by atoms with Gasteiger partial charge in [0, 0.05) is 17.4 Å². The van der Waals surface area contributed by atoms with Gasteiger partial charge in [-0.15, -0.1) is 0 Å². The Hall–Kier alpha value is -3.01. The van der Waals surface area contributed by atoms with Gasteiger partial charge in [0.05, 0.1) is 11.5 Å². The van der Waals surface area contributed by atoms with Crippen LogP contribution in [0.2, 0.25) is 0 Å². The second-order valence-corrected chi connectivity index (χ2v) is 6.09. The van der Waals surface area contributed by atoms with E-state index in [0.29, 0.717) is 17.1 Å². The van der Waals surface area contributed by atoms with Gasteiger partial charge in [0.25, 0.3) is 11.6 Å². The average Bonchev–Trinajstić information content (AvgIpc) is 3.13. The molecule has 1 amide bonds. The topological polar surface area (TPSA) is 121 Å². The quantitative estimate of drug-likeness (QED) is 0.283. The first kappa shape index (κ1) is 21.3. The van der Waals surface area contributed by atoms with Crippen LogP contribution in [0.1, 0.15) is 28.8 Å². The molecule has 0 bridgehead atoms. The van der Waals surface area contributed by atoms with Gasteiger partial charge in [0.2, 0.25) is 0 Å². The summed E-state index contributed by atoms with van der Waals surface area (Å²) in [5.41, 5.74) is 0.475. The van der Waals surface area contributed by atoms with E-state index in [1.807, 2.05) is 0 Å². The molecule has 2 aromatic rings. The molecule has 0 fully saturated rings. The number of thiol groups is 1. The van der Waals surface area contributed by atoms with Crippen molar-refractivity contribution in [3.63, 3.8) is 0 Å². The summed E-state index contributed by atoms with van der Waals surface area (Å²) in [4.78, 5) is 34.3. The smallest absolute Gasteiger partial charge is 0.329 e. The number of carbonyl (C=O) groups excluding carboxylic acids is 2. The van der Waals surface area contributed by atoms with Crippen molar-refractivity contribution in [1.29, 1.82) is 0 Å². The summed E-state index contributed by atoms with van der Waals surface area (Å²) in [6, 6.07) is 6.52. The molecule has 0 radical (unpaired) electrons. The summed E-state index contributed by atoms with van der Waals surface area (Å²) in [5, 5.41) is 13.3. The SMILES string of the molecule is CCOC(=O)[C@H](CS)NC(=O)c1ccc(COc2ccc([N+](=O)[O-])c(C)c2)o1. The minimum atomic E-state index is -0.885. The number of ether oxygens (including phenoxy) is 2. The maximum atomic E-state index is 12.2. The van der Waals surface area contributed by atoms with Crippen molar-refractivity contribution in [3.8, 4) is 5.75 Å². The fourth-order valence-electron chi connectivity index (χ4n) is 2.31. The molecule has 0 unspecified atom stereocenters. The molecule has 0 aliphatic carbocycles. The van der Waals surface area contributed by atoms with Gasteiger partial charge in [-0.2, -0.15) is 12.6 Å². The monoisotopic (exact) mass is 408 g/mol. The van der Waals surface area contributed by atoms with Crippen LogP contribution in [0.25, 0.3) is 0 Å². The highest BCUT2D eigenvalue weighted by atomic mass is 32.1. The number of nitrogens with zero attached hydrogens (tertiary/aromatic N) is 1. The van der Waals surface area contributed by atoms with E-state index in [1.165, 1.54) is 18.2 Å². The predicted octanol–water partition coefficient (Wildman–Crippen LogP) is 2.67. The van der Waals surface area contributed by atoms with Gasteiger partial charge < -0.3 is 19.2 Å². The second kappa shape index (κ2) is 9.79. The zero-order valence-corrected chi connectivity index (χ0v) is 16.2. The van der Waals surface area contributed by atoms with E-state index in [9.17, 15) is 19.7 Å². The first-order valence-electron chi connectivity index (χ1n) is 8.40. The zero-order chi connectivity index (χ0) is 20.7. The minimum absolute atomic E-state index is 0.00430. The van der Waals surface area contributed by atoms with Crippen LogP contribution >= 0.6 is 12.6 Å². The highest BCUT2D eigenvalue weighted by Crippen LogP contribution is 2.24. The van der Waals surface area contributed by atoms with E-state index >= 15 is 0 Å². The molecular formula is C18H20N2O7S. The number of nitrogens with one attached hydrogen (secondary N) is 1. The second-order valence-electron chi connectivity index (χ2n) is 5.72. The van der Waals surface area contributed by atoms with Crippen molar-refractivity contribution in [3.05, 3.63) is 57.5 Å². The number of amides is 1. The first-order valence-corrected chi connectivity index (χ1v) is 9.03. The van der Waals surface area contributed by atoms with Crippen LogP contribution in [0, 0.1) is 17.0 Å². The summed E-state index contributed by atoms with van der Waals surface area (Å²) in [7, 11) is 0. The van der Waals surface area contributed by atoms with Crippen molar-refractivity contribution in [1.82, 2.24) is 5.32 Å². The molecule has 1 N–H and O–H groups in total. The Balaban J connectivity index is 1.96. The van der Waals surface area contributed by atoms with E-state index in [1.54, 1.807) is 26.0 Å². The minimum Gasteiger partial charge on any atom is -0.486 e. The molecule has 1 aromatic carbocycles. The van der Waals surface area contributed by atoms with Gasteiger partial charge in [-0.25, -0.2) is 4.79 Å². The Morgan fingerprint density at radius 1 is 1.32 bits per heavy atom. The summed E-state index contributed by atoms with van der Waals surface area (Å²) < 4.78 is 15.8. The number of hydrogen-bond acceptors (Lipinski definition) is 8. The van der Waals surface area contributed by atoms with Gasteiger partial charge in [-0.3, -0.25) is 14.9 Å². The lowest BCUT2D eigenvalue weighted by molar-refractivity contribution is -0.385. The summed E-state index contributed by atoms with van der Waals surface area (Å²) in [6.45, 7) is 3.50. The number of hydrogen-bond donors (Lipinski definition) is 2. The largest absolute Gasteiger partial charge is 0.486 e. The van der Waals surface area contributed by atoms with Gasteiger partial charge in [0.1, 0.15) is 24.2 Å². The molecule has 10 heteroatoms. The van der Waals surface area contributed by atoms with Crippen LogP contribution in [-0.4, -0.2) is 35.2 Å². The number of carbonyl (C=O) groups is 2. The summed E-state index contributed by atoms with van der Waals surface area (Å²) >= 11 is 4.03. The normalized spacial score (nSPS) is 11.5. The molecule has 1 atom stereocenters.